The number of carbonyl (C=O) groups is 1. The van der Waals surface area contributed by atoms with Gasteiger partial charge in [0.25, 0.3) is 0 Å². The van der Waals surface area contributed by atoms with Gasteiger partial charge in [0.05, 0.1) is 6.20 Å². The molecule has 0 saturated carbocycles. The number of halogens is 1. The molecule has 0 unspecified atom stereocenters. The molecule has 16 heavy (non-hydrogen) atoms. The number of aromatic nitrogens is 3. The minimum absolute atomic E-state index is 0.0663. The van der Waals surface area contributed by atoms with E-state index in [1.54, 1.807) is 0 Å². The number of hydrogen-bond acceptors (Lipinski definition) is 3. The molecular weight excluding hydrogens is 230 g/mol. The number of carboxylic acids is 1. The Morgan fingerprint density at radius 2 is 2.31 bits per heavy atom. The summed E-state index contributed by atoms with van der Waals surface area (Å²) < 4.78 is 1.35. The third-order valence-corrected chi connectivity index (χ3v) is 2.92. The number of fused-ring (bicyclic) bond motifs is 1. The summed E-state index contributed by atoms with van der Waals surface area (Å²) in [6.45, 7) is 3.79. The van der Waals surface area contributed by atoms with Gasteiger partial charge in [-0.15, -0.1) is 0 Å². The molecule has 0 atom stereocenters. The van der Waals surface area contributed by atoms with E-state index in [2.05, 4.69) is 10.1 Å². The molecule has 5 nitrogen and oxygen atoms in total. The molecule has 0 bridgehead atoms. The van der Waals surface area contributed by atoms with Gasteiger partial charge in [0.15, 0.2) is 5.65 Å². The summed E-state index contributed by atoms with van der Waals surface area (Å²) in [5.74, 6) is -1.05. The molecule has 0 aliphatic rings. The normalized spacial score (nSPS) is 10.9. The van der Waals surface area contributed by atoms with Crippen molar-refractivity contribution in [2.45, 2.75) is 20.3 Å². The molecule has 6 heteroatoms. The Labute approximate surface area is 96.7 Å². The predicted octanol–water partition coefficient (Wildman–Crippen LogP) is 1.95. The van der Waals surface area contributed by atoms with E-state index >= 15 is 0 Å². The van der Waals surface area contributed by atoms with Crippen LogP contribution in [0, 0.1) is 6.92 Å². The number of hydrogen-bond donors (Lipinski definition) is 1. The molecule has 0 radical (unpaired) electrons. The quantitative estimate of drug-likeness (QED) is 0.814. The highest BCUT2D eigenvalue weighted by Crippen LogP contribution is 2.21. The van der Waals surface area contributed by atoms with Crippen molar-refractivity contribution in [3.63, 3.8) is 0 Å². The number of aromatic carboxylic acids is 1. The predicted molar refractivity (Wildman–Crippen MR) is 59.1 cm³/mol. The first-order chi connectivity index (χ1) is 7.56. The van der Waals surface area contributed by atoms with Gasteiger partial charge in [-0.1, -0.05) is 18.5 Å². The van der Waals surface area contributed by atoms with Gasteiger partial charge in [-0.2, -0.15) is 5.10 Å². The van der Waals surface area contributed by atoms with Crippen molar-refractivity contribution in [3.05, 3.63) is 28.2 Å². The molecule has 2 aromatic heterocycles. The Hall–Kier alpha value is -1.62. The third kappa shape index (κ3) is 1.44. The first-order valence-corrected chi connectivity index (χ1v) is 5.20. The third-order valence-electron chi connectivity index (χ3n) is 2.48. The molecule has 2 aromatic rings. The molecule has 0 saturated heterocycles. The van der Waals surface area contributed by atoms with Crippen LogP contribution in [0.5, 0.6) is 0 Å². The van der Waals surface area contributed by atoms with Crippen molar-refractivity contribution in [2.24, 2.45) is 0 Å². The van der Waals surface area contributed by atoms with Gasteiger partial charge in [-0.3, -0.25) is 0 Å². The van der Waals surface area contributed by atoms with E-state index in [-0.39, 0.29) is 5.56 Å². The molecule has 0 aliphatic heterocycles. The molecule has 0 aromatic carbocycles. The van der Waals surface area contributed by atoms with E-state index in [1.807, 2.05) is 13.8 Å². The van der Waals surface area contributed by atoms with Crippen LogP contribution in [-0.2, 0) is 6.42 Å². The van der Waals surface area contributed by atoms with Gasteiger partial charge in [0.1, 0.15) is 10.7 Å². The van der Waals surface area contributed by atoms with Crippen LogP contribution in [0.1, 0.15) is 28.5 Å². The average Bonchev–Trinajstić information content (AvgIpc) is 2.67. The summed E-state index contributed by atoms with van der Waals surface area (Å²) in [7, 11) is 0. The van der Waals surface area contributed by atoms with Gasteiger partial charge in [-0.25, -0.2) is 14.3 Å². The zero-order valence-electron chi connectivity index (χ0n) is 8.86. The smallest absolute Gasteiger partial charge is 0.341 e. The lowest BCUT2D eigenvalue weighted by molar-refractivity contribution is 0.0699. The highest BCUT2D eigenvalue weighted by Gasteiger charge is 2.17. The second kappa shape index (κ2) is 3.75. The fourth-order valence-corrected chi connectivity index (χ4v) is 1.81. The summed E-state index contributed by atoms with van der Waals surface area (Å²) in [6.07, 6.45) is 1.96. The maximum absolute atomic E-state index is 10.9. The zero-order valence-corrected chi connectivity index (χ0v) is 9.62. The first kappa shape index (κ1) is 10.9. The van der Waals surface area contributed by atoms with E-state index < -0.39 is 5.97 Å². The van der Waals surface area contributed by atoms with Gasteiger partial charge >= 0.3 is 5.97 Å². The van der Waals surface area contributed by atoms with Gasteiger partial charge in [0.2, 0.25) is 0 Å². The van der Waals surface area contributed by atoms with Gasteiger partial charge in [0, 0.05) is 11.3 Å². The van der Waals surface area contributed by atoms with Gasteiger partial charge < -0.3 is 5.11 Å². The van der Waals surface area contributed by atoms with E-state index in [9.17, 15) is 4.79 Å². The molecule has 2 rings (SSSR count). The maximum atomic E-state index is 10.9. The van der Waals surface area contributed by atoms with Crippen molar-refractivity contribution in [3.8, 4) is 0 Å². The Kier molecular flexibility index (Phi) is 2.55. The molecule has 0 fully saturated rings. The summed E-state index contributed by atoms with van der Waals surface area (Å²) in [4.78, 5) is 15.2. The Morgan fingerprint density at radius 1 is 1.62 bits per heavy atom. The summed E-state index contributed by atoms with van der Waals surface area (Å²) in [5.41, 5.74) is 1.98. The second-order valence-electron chi connectivity index (χ2n) is 3.43. The molecule has 0 amide bonds. The number of carboxylic acid groups (broad SMARTS) is 1. The molecule has 0 aliphatic carbocycles. The van der Waals surface area contributed by atoms with Crippen LogP contribution < -0.4 is 0 Å². The summed E-state index contributed by atoms with van der Waals surface area (Å²) in [5, 5.41) is 13.3. The van der Waals surface area contributed by atoms with Crippen LogP contribution >= 0.6 is 11.6 Å². The zero-order chi connectivity index (χ0) is 11.9. The fourth-order valence-electron chi connectivity index (χ4n) is 1.58. The van der Waals surface area contributed by atoms with Crippen molar-refractivity contribution in [1.29, 1.82) is 0 Å². The van der Waals surface area contributed by atoms with E-state index in [0.717, 1.165) is 11.3 Å². The molecule has 84 valence electrons. The van der Waals surface area contributed by atoms with Gasteiger partial charge in [-0.05, 0) is 13.3 Å². The first-order valence-electron chi connectivity index (χ1n) is 4.82. The number of rotatable bonds is 2. The van der Waals surface area contributed by atoms with E-state index in [4.69, 9.17) is 16.7 Å². The average molecular weight is 240 g/mol. The monoisotopic (exact) mass is 239 g/mol. The summed E-state index contributed by atoms with van der Waals surface area (Å²) in [6, 6.07) is 0. The summed E-state index contributed by atoms with van der Waals surface area (Å²) >= 11 is 6.10. The minimum Gasteiger partial charge on any atom is -0.477 e. The lowest BCUT2D eigenvalue weighted by Gasteiger charge is -2.06. The molecule has 2 heterocycles. The van der Waals surface area contributed by atoms with Crippen molar-refractivity contribution < 1.29 is 9.90 Å². The fraction of sp³-hybridized carbons (Fsp3) is 0.300. The van der Waals surface area contributed by atoms with Crippen LogP contribution in [-0.4, -0.2) is 25.7 Å². The van der Waals surface area contributed by atoms with E-state index in [1.165, 1.54) is 10.7 Å². The number of aryl methyl sites for hydroxylation is 1. The van der Waals surface area contributed by atoms with Crippen LogP contribution in [0.15, 0.2) is 6.20 Å². The van der Waals surface area contributed by atoms with Crippen LogP contribution in [0.4, 0.5) is 0 Å². The largest absolute Gasteiger partial charge is 0.477 e. The second-order valence-corrected chi connectivity index (χ2v) is 3.78. The lowest BCUT2D eigenvalue weighted by Crippen LogP contribution is -2.04. The van der Waals surface area contributed by atoms with Crippen molar-refractivity contribution >= 4 is 23.2 Å². The SMILES string of the molecule is CCc1nc2c(C(=O)O)cnn2c(Cl)c1C. The highest BCUT2D eigenvalue weighted by molar-refractivity contribution is 6.30. The maximum Gasteiger partial charge on any atom is 0.341 e. The van der Waals surface area contributed by atoms with Crippen LogP contribution in [0.3, 0.4) is 0 Å². The topological polar surface area (TPSA) is 67.5 Å². The lowest BCUT2D eigenvalue weighted by atomic mass is 10.2. The van der Waals surface area contributed by atoms with E-state index in [0.29, 0.717) is 17.2 Å². The van der Waals surface area contributed by atoms with Crippen molar-refractivity contribution in [2.75, 3.05) is 0 Å². The molecule has 1 N–H and O–H groups in total. The standard InChI is InChI=1S/C10H10ClN3O2/c1-3-7-5(2)8(11)14-9(13-7)6(4-12-14)10(15)16/h4H,3H2,1-2H3,(H,15,16). The highest BCUT2D eigenvalue weighted by atomic mass is 35.5. The minimum atomic E-state index is -1.05. The molecule has 0 spiro atoms. The van der Waals surface area contributed by atoms with Crippen LogP contribution in [0.2, 0.25) is 5.15 Å². The van der Waals surface area contributed by atoms with Crippen molar-refractivity contribution in [1.82, 2.24) is 14.6 Å². The molecular formula is C10H10ClN3O2. The Balaban J connectivity index is 2.85. The Bertz CT molecular complexity index is 577. The Morgan fingerprint density at radius 3 is 2.88 bits per heavy atom. The van der Waals surface area contributed by atoms with Crippen LogP contribution in [0.25, 0.3) is 5.65 Å². The number of nitrogens with zero attached hydrogens (tertiary/aromatic N) is 3.